The van der Waals surface area contributed by atoms with E-state index in [4.69, 9.17) is 10.00 Å². The molecular weight excluding hydrogens is 334 g/mol. The quantitative estimate of drug-likeness (QED) is 0.487. The van der Waals surface area contributed by atoms with Gasteiger partial charge in [0, 0.05) is 11.6 Å². The Morgan fingerprint density at radius 1 is 1.33 bits per heavy atom. The third-order valence-corrected chi connectivity index (χ3v) is 3.76. The number of nitriles is 1. The highest BCUT2D eigenvalue weighted by Gasteiger charge is 2.17. The molecule has 0 bridgehead atoms. The average Bonchev–Trinajstić information content (AvgIpc) is 3.00. The second kappa shape index (κ2) is 7.85. The van der Waals surface area contributed by atoms with Crippen molar-refractivity contribution in [2.75, 3.05) is 11.9 Å². The van der Waals surface area contributed by atoms with Gasteiger partial charge in [-0.05, 0) is 11.4 Å². The first-order valence-corrected chi connectivity index (χ1v) is 7.54. The Kier molecular flexibility index (Phi) is 5.59. The lowest BCUT2D eigenvalue weighted by molar-refractivity contribution is -0.385. The summed E-state index contributed by atoms with van der Waals surface area (Å²) in [5.74, 6) is -1.35. The van der Waals surface area contributed by atoms with Crippen molar-refractivity contribution in [1.29, 1.82) is 5.26 Å². The molecule has 1 amide bonds. The van der Waals surface area contributed by atoms with Crippen molar-refractivity contribution in [3.05, 3.63) is 57.0 Å². The minimum Gasteiger partial charge on any atom is -0.455 e. The molecule has 1 aromatic heterocycles. The molecule has 0 fully saturated rings. The van der Waals surface area contributed by atoms with Crippen LogP contribution >= 0.6 is 11.3 Å². The van der Waals surface area contributed by atoms with E-state index in [1.165, 1.54) is 29.5 Å². The number of nitrogens with one attached hydrogen (secondary N) is 1. The lowest BCUT2D eigenvalue weighted by Gasteiger charge is -2.06. The standard InChI is InChI=1S/C15H11N3O5S/c16-8-11-5-6-24-15(11)17-13(19)9-23-14(20)7-10-3-1-2-4-12(10)18(21)22/h1-6H,7,9H2,(H,17,19). The van der Waals surface area contributed by atoms with E-state index in [2.05, 4.69) is 5.32 Å². The van der Waals surface area contributed by atoms with Gasteiger partial charge in [-0.2, -0.15) is 5.26 Å². The Hall–Kier alpha value is -3.25. The maximum Gasteiger partial charge on any atom is 0.311 e. The zero-order valence-corrected chi connectivity index (χ0v) is 13.0. The largest absolute Gasteiger partial charge is 0.455 e. The minimum atomic E-state index is -0.758. The summed E-state index contributed by atoms with van der Waals surface area (Å²) in [6.45, 7) is -0.539. The van der Waals surface area contributed by atoms with Crippen molar-refractivity contribution in [1.82, 2.24) is 0 Å². The number of hydrogen-bond acceptors (Lipinski definition) is 7. The molecule has 0 radical (unpaired) electrons. The maximum atomic E-state index is 11.7. The van der Waals surface area contributed by atoms with Crippen LogP contribution in [0.25, 0.3) is 0 Å². The number of ether oxygens (including phenoxy) is 1. The van der Waals surface area contributed by atoms with Gasteiger partial charge in [0.2, 0.25) is 0 Å². The predicted molar refractivity (Wildman–Crippen MR) is 85.4 cm³/mol. The topological polar surface area (TPSA) is 122 Å². The summed E-state index contributed by atoms with van der Waals surface area (Å²) in [6, 6.07) is 9.28. The van der Waals surface area contributed by atoms with E-state index in [0.29, 0.717) is 10.6 Å². The Bertz CT molecular complexity index is 825. The molecule has 8 nitrogen and oxygen atoms in total. The van der Waals surface area contributed by atoms with Crippen LogP contribution in [0.4, 0.5) is 10.7 Å². The van der Waals surface area contributed by atoms with E-state index in [1.54, 1.807) is 17.5 Å². The van der Waals surface area contributed by atoms with Gasteiger partial charge in [0.15, 0.2) is 6.61 Å². The first kappa shape index (κ1) is 17.1. The number of amides is 1. The first-order valence-electron chi connectivity index (χ1n) is 6.66. The lowest BCUT2D eigenvalue weighted by atomic mass is 10.1. The van der Waals surface area contributed by atoms with Gasteiger partial charge in [-0.25, -0.2) is 0 Å². The highest BCUT2D eigenvalue weighted by Crippen LogP contribution is 2.22. The molecule has 0 saturated heterocycles. The minimum absolute atomic E-state index is 0.184. The summed E-state index contributed by atoms with van der Waals surface area (Å²) < 4.78 is 4.81. The molecule has 0 atom stereocenters. The fraction of sp³-hybridized carbons (Fsp3) is 0.133. The maximum absolute atomic E-state index is 11.7. The van der Waals surface area contributed by atoms with Crippen LogP contribution in [0.1, 0.15) is 11.1 Å². The number of rotatable bonds is 6. The normalized spacial score (nSPS) is 9.79. The molecule has 0 aliphatic carbocycles. The Balaban J connectivity index is 1.89. The van der Waals surface area contributed by atoms with Gasteiger partial charge in [0.25, 0.3) is 11.6 Å². The molecule has 0 unspecified atom stereocenters. The molecule has 1 N–H and O–H groups in total. The molecule has 9 heteroatoms. The van der Waals surface area contributed by atoms with Crippen LogP contribution in [-0.4, -0.2) is 23.4 Å². The van der Waals surface area contributed by atoms with Gasteiger partial charge in [-0.3, -0.25) is 19.7 Å². The molecule has 2 rings (SSSR count). The smallest absolute Gasteiger partial charge is 0.311 e. The summed E-state index contributed by atoms with van der Waals surface area (Å²) in [5.41, 5.74) is 0.341. The van der Waals surface area contributed by atoms with Crippen molar-refractivity contribution >= 4 is 33.9 Å². The van der Waals surface area contributed by atoms with E-state index >= 15 is 0 Å². The number of carbonyl (C=O) groups excluding carboxylic acids is 2. The van der Waals surface area contributed by atoms with Crippen LogP contribution in [0.15, 0.2) is 35.7 Å². The third-order valence-electron chi connectivity index (χ3n) is 2.93. The van der Waals surface area contributed by atoms with Gasteiger partial charge < -0.3 is 10.1 Å². The molecule has 2 aromatic rings. The van der Waals surface area contributed by atoms with Crippen LogP contribution in [0, 0.1) is 21.4 Å². The molecule has 1 heterocycles. The summed E-state index contributed by atoms with van der Waals surface area (Å²) in [4.78, 5) is 33.7. The van der Waals surface area contributed by atoms with Crippen LogP contribution < -0.4 is 5.32 Å². The molecule has 0 saturated carbocycles. The molecule has 0 aliphatic rings. The van der Waals surface area contributed by atoms with Crippen LogP contribution in [0.5, 0.6) is 0 Å². The zero-order chi connectivity index (χ0) is 17.5. The zero-order valence-electron chi connectivity index (χ0n) is 12.2. The average molecular weight is 345 g/mol. The van der Waals surface area contributed by atoms with Crippen molar-refractivity contribution in [3.63, 3.8) is 0 Å². The van der Waals surface area contributed by atoms with Gasteiger partial charge in [0.1, 0.15) is 11.1 Å². The Morgan fingerprint density at radius 2 is 2.08 bits per heavy atom. The molecular formula is C15H11N3O5S. The SMILES string of the molecule is N#Cc1ccsc1NC(=O)COC(=O)Cc1ccccc1[N+](=O)[O-]. The summed E-state index contributed by atoms with van der Waals surface area (Å²) in [5, 5.41) is 24.2. The fourth-order valence-corrected chi connectivity index (χ4v) is 2.60. The summed E-state index contributed by atoms with van der Waals surface area (Å²) >= 11 is 1.17. The highest BCUT2D eigenvalue weighted by molar-refractivity contribution is 7.14. The fourth-order valence-electron chi connectivity index (χ4n) is 1.85. The van der Waals surface area contributed by atoms with Gasteiger partial charge in [-0.1, -0.05) is 18.2 Å². The number of nitro benzene ring substituents is 1. The number of carbonyl (C=O) groups is 2. The van der Waals surface area contributed by atoms with E-state index < -0.39 is 23.4 Å². The highest BCUT2D eigenvalue weighted by atomic mass is 32.1. The van der Waals surface area contributed by atoms with Crippen LogP contribution in [-0.2, 0) is 20.7 Å². The monoisotopic (exact) mass is 345 g/mol. The Labute approximate surface area is 140 Å². The molecule has 0 aliphatic heterocycles. The van der Waals surface area contributed by atoms with E-state index in [-0.39, 0.29) is 17.7 Å². The number of hydrogen-bond donors (Lipinski definition) is 1. The van der Waals surface area contributed by atoms with Gasteiger partial charge >= 0.3 is 5.97 Å². The van der Waals surface area contributed by atoms with Crippen molar-refractivity contribution < 1.29 is 19.2 Å². The number of anilines is 1. The van der Waals surface area contributed by atoms with Gasteiger partial charge in [-0.15, -0.1) is 11.3 Å². The van der Waals surface area contributed by atoms with Crippen molar-refractivity contribution in [3.8, 4) is 6.07 Å². The van der Waals surface area contributed by atoms with Gasteiger partial charge in [0.05, 0.1) is 16.9 Å². The van der Waals surface area contributed by atoms with E-state index in [0.717, 1.165) is 0 Å². The number of para-hydroxylation sites is 1. The number of esters is 1. The summed E-state index contributed by atoms with van der Waals surface area (Å²) in [7, 11) is 0. The first-order chi connectivity index (χ1) is 11.5. The van der Waals surface area contributed by atoms with Crippen LogP contribution in [0.3, 0.4) is 0 Å². The second-order valence-corrected chi connectivity index (χ2v) is 5.46. The molecule has 0 spiro atoms. The number of thiophene rings is 1. The van der Waals surface area contributed by atoms with Crippen molar-refractivity contribution in [2.24, 2.45) is 0 Å². The van der Waals surface area contributed by atoms with E-state index in [9.17, 15) is 19.7 Å². The number of benzene rings is 1. The third kappa shape index (κ3) is 4.37. The predicted octanol–water partition coefficient (Wildman–Crippen LogP) is 2.25. The summed E-state index contributed by atoms with van der Waals surface area (Å²) in [6.07, 6.45) is -0.313. The lowest BCUT2D eigenvalue weighted by Crippen LogP contribution is -2.21. The molecule has 1 aromatic carbocycles. The molecule has 24 heavy (non-hydrogen) atoms. The number of nitrogens with zero attached hydrogens (tertiary/aromatic N) is 2. The van der Waals surface area contributed by atoms with Crippen LogP contribution in [0.2, 0.25) is 0 Å². The molecule has 122 valence electrons. The second-order valence-electron chi connectivity index (χ2n) is 4.55. The Morgan fingerprint density at radius 3 is 2.79 bits per heavy atom. The van der Waals surface area contributed by atoms with E-state index in [1.807, 2.05) is 6.07 Å². The number of nitro groups is 1. The van der Waals surface area contributed by atoms with Crippen molar-refractivity contribution in [2.45, 2.75) is 6.42 Å².